The molecule has 0 bridgehead atoms. The third-order valence-electron chi connectivity index (χ3n) is 1.71. The van der Waals surface area contributed by atoms with Crippen LogP contribution in [-0.2, 0) is 0 Å². The lowest BCUT2D eigenvalue weighted by atomic mass is 10.2. The van der Waals surface area contributed by atoms with E-state index in [9.17, 15) is 13.2 Å². The van der Waals surface area contributed by atoms with Gasteiger partial charge in [0, 0.05) is 12.2 Å². The van der Waals surface area contributed by atoms with Crippen LogP contribution in [0.15, 0.2) is 12.3 Å². The molecular formula is C9H12F3N3. The third-order valence-corrected chi connectivity index (χ3v) is 1.71. The molecule has 1 heterocycles. The molecule has 1 aromatic heterocycles. The molecule has 0 aromatic carbocycles. The van der Waals surface area contributed by atoms with Crippen molar-refractivity contribution in [3.63, 3.8) is 0 Å². The van der Waals surface area contributed by atoms with Gasteiger partial charge in [-0.2, -0.15) is 13.2 Å². The molecule has 1 aromatic rings. The first kappa shape index (κ1) is 11.7. The van der Waals surface area contributed by atoms with Crippen molar-refractivity contribution in [2.75, 3.05) is 5.32 Å². The van der Waals surface area contributed by atoms with Crippen LogP contribution in [0.5, 0.6) is 0 Å². The molecule has 0 aliphatic rings. The fourth-order valence-corrected chi connectivity index (χ4v) is 1.19. The molecule has 15 heavy (non-hydrogen) atoms. The monoisotopic (exact) mass is 219 g/mol. The van der Waals surface area contributed by atoms with Crippen molar-refractivity contribution in [2.24, 2.45) is 0 Å². The summed E-state index contributed by atoms with van der Waals surface area (Å²) < 4.78 is 36.0. The number of aryl methyl sites for hydroxylation is 1. The van der Waals surface area contributed by atoms with Crippen LogP contribution in [0, 0.1) is 6.92 Å². The number of nitrogens with zero attached hydrogens (tertiary/aromatic N) is 2. The van der Waals surface area contributed by atoms with Gasteiger partial charge in [-0.25, -0.2) is 9.97 Å². The van der Waals surface area contributed by atoms with Gasteiger partial charge in [0.05, 0.1) is 6.42 Å². The standard InChI is InChI=1S/C9H12F3N3/c1-6(5-9(10,11)12)14-8-3-4-13-7(2)15-8/h3-4,6H,5H2,1-2H3,(H,13,14,15). The second kappa shape index (κ2) is 4.46. The Kier molecular flexibility index (Phi) is 3.49. The summed E-state index contributed by atoms with van der Waals surface area (Å²) in [6.45, 7) is 3.14. The lowest BCUT2D eigenvalue weighted by Gasteiger charge is -2.16. The van der Waals surface area contributed by atoms with Gasteiger partial charge in [0.15, 0.2) is 0 Å². The molecule has 1 N–H and O–H groups in total. The van der Waals surface area contributed by atoms with Crippen molar-refractivity contribution in [3.8, 4) is 0 Å². The quantitative estimate of drug-likeness (QED) is 0.848. The molecule has 1 unspecified atom stereocenters. The molecule has 3 nitrogen and oxygen atoms in total. The number of nitrogens with one attached hydrogen (secondary N) is 1. The fraction of sp³-hybridized carbons (Fsp3) is 0.556. The Balaban J connectivity index is 2.55. The Morgan fingerprint density at radius 3 is 2.67 bits per heavy atom. The number of rotatable bonds is 3. The first-order valence-electron chi connectivity index (χ1n) is 4.50. The van der Waals surface area contributed by atoms with Crippen LogP contribution in [0.25, 0.3) is 0 Å². The summed E-state index contributed by atoms with van der Waals surface area (Å²) in [5, 5.41) is 2.67. The van der Waals surface area contributed by atoms with Crippen LogP contribution < -0.4 is 5.32 Å². The van der Waals surface area contributed by atoms with Gasteiger partial charge >= 0.3 is 6.18 Å². The summed E-state index contributed by atoms with van der Waals surface area (Å²) >= 11 is 0. The van der Waals surface area contributed by atoms with Crippen molar-refractivity contribution in [3.05, 3.63) is 18.1 Å². The van der Waals surface area contributed by atoms with Gasteiger partial charge in [-0.15, -0.1) is 0 Å². The van der Waals surface area contributed by atoms with Crippen molar-refractivity contribution >= 4 is 5.82 Å². The second-order valence-corrected chi connectivity index (χ2v) is 3.35. The Bertz CT molecular complexity index is 325. The highest BCUT2D eigenvalue weighted by atomic mass is 19.4. The molecule has 0 saturated carbocycles. The highest BCUT2D eigenvalue weighted by Crippen LogP contribution is 2.22. The zero-order chi connectivity index (χ0) is 11.5. The van der Waals surface area contributed by atoms with E-state index in [1.54, 1.807) is 13.0 Å². The average Bonchev–Trinajstić information content (AvgIpc) is 1.99. The largest absolute Gasteiger partial charge is 0.391 e. The summed E-state index contributed by atoms with van der Waals surface area (Å²) in [5.41, 5.74) is 0. The summed E-state index contributed by atoms with van der Waals surface area (Å²) in [7, 11) is 0. The second-order valence-electron chi connectivity index (χ2n) is 3.35. The summed E-state index contributed by atoms with van der Waals surface area (Å²) in [6.07, 6.45) is -3.53. The van der Waals surface area contributed by atoms with E-state index in [0.29, 0.717) is 11.6 Å². The minimum atomic E-state index is -4.16. The summed E-state index contributed by atoms with van der Waals surface area (Å²) in [5.74, 6) is 0.943. The van der Waals surface area contributed by atoms with E-state index in [0.717, 1.165) is 0 Å². The molecule has 0 amide bonds. The van der Waals surface area contributed by atoms with E-state index in [2.05, 4.69) is 15.3 Å². The van der Waals surface area contributed by atoms with Gasteiger partial charge in [-0.1, -0.05) is 0 Å². The lowest BCUT2D eigenvalue weighted by Crippen LogP contribution is -2.24. The maximum absolute atomic E-state index is 12.0. The van der Waals surface area contributed by atoms with Crippen LogP contribution in [0.1, 0.15) is 19.2 Å². The van der Waals surface area contributed by atoms with Gasteiger partial charge in [-0.05, 0) is 19.9 Å². The number of aromatic nitrogens is 2. The van der Waals surface area contributed by atoms with Crippen molar-refractivity contribution in [2.45, 2.75) is 32.5 Å². The molecule has 0 spiro atoms. The number of halogens is 3. The molecule has 0 saturated heterocycles. The predicted molar refractivity (Wildman–Crippen MR) is 50.5 cm³/mol. The Hall–Kier alpha value is -1.33. The Labute approximate surface area is 85.7 Å². The molecule has 84 valence electrons. The Morgan fingerprint density at radius 1 is 1.47 bits per heavy atom. The fourth-order valence-electron chi connectivity index (χ4n) is 1.19. The van der Waals surface area contributed by atoms with Gasteiger partial charge in [0.1, 0.15) is 11.6 Å². The molecule has 6 heteroatoms. The zero-order valence-electron chi connectivity index (χ0n) is 8.47. The molecule has 0 fully saturated rings. The van der Waals surface area contributed by atoms with E-state index in [1.165, 1.54) is 13.1 Å². The van der Waals surface area contributed by atoms with Gasteiger partial charge in [0.2, 0.25) is 0 Å². The molecule has 1 rings (SSSR count). The van der Waals surface area contributed by atoms with Crippen molar-refractivity contribution in [1.29, 1.82) is 0 Å². The lowest BCUT2D eigenvalue weighted by molar-refractivity contribution is -0.136. The van der Waals surface area contributed by atoms with Crippen LogP contribution in [0.4, 0.5) is 19.0 Å². The molecular weight excluding hydrogens is 207 g/mol. The summed E-state index contributed by atoms with van der Waals surface area (Å²) in [6, 6.07) is 0.846. The van der Waals surface area contributed by atoms with Gasteiger partial charge in [-0.3, -0.25) is 0 Å². The van der Waals surface area contributed by atoms with Crippen molar-refractivity contribution in [1.82, 2.24) is 9.97 Å². The average molecular weight is 219 g/mol. The van der Waals surface area contributed by atoms with Crippen LogP contribution >= 0.6 is 0 Å². The highest BCUT2D eigenvalue weighted by molar-refractivity contribution is 5.33. The highest BCUT2D eigenvalue weighted by Gasteiger charge is 2.29. The molecule has 0 radical (unpaired) electrons. The predicted octanol–water partition coefficient (Wildman–Crippen LogP) is 2.54. The third kappa shape index (κ3) is 4.62. The summed E-state index contributed by atoms with van der Waals surface area (Å²) in [4.78, 5) is 7.80. The zero-order valence-corrected chi connectivity index (χ0v) is 8.47. The molecule has 1 atom stereocenters. The van der Waals surface area contributed by atoms with Crippen molar-refractivity contribution < 1.29 is 13.2 Å². The smallest absolute Gasteiger partial charge is 0.367 e. The van der Waals surface area contributed by atoms with Crippen LogP contribution in [0.2, 0.25) is 0 Å². The number of anilines is 1. The van der Waals surface area contributed by atoms with E-state index in [1.807, 2.05) is 0 Å². The van der Waals surface area contributed by atoms with E-state index in [4.69, 9.17) is 0 Å². The maximum atomic E-state index is 12.0. The minimum Gasteiger partial charge on any atom is -0.367 e. The van der Waals surface area contributed by atoms with Crippen LogP contribution in [0.3, 0.4) is 0 Å². The minimum absolute atomic E-state index is 0.416. The molecule has 0 aliphatic carbocycles. The first-order valence-corrected chi connectivity index (χ1v) is 4.50. The first-order chi connectivity index (χ1) is 6.87. The normalized spacial score (nSPS) is 13.7. The van der Waals surface area contributed by atoms with Gasteiger partial charge in [0.25, 0.3) is 0 Å². The molecule has 0 aliphatic heterocycles. The number of alkyl halides is 3. The van der Waals surface area contributed by atoms with E-state index < -0.39 is 18.6 Å². The topological polar surface area (TPSA) is 37.8 Å². The van der Waals surface area contributed by atoms with Gasteiger partial charge < -0.3 is 5.32 Å². The van der Waals surface area contributed by atoms with Crippen LogP contribution in [-0.4, -0.2) is 22.2 Å². The number of hydrogen-bond acceptors (Lipinski definition) is 3. The maximum Gasteiger partial charge on any atom is 0.391 e. The SMILES string of the molecule is Cc1nccc(NC(C)CC(F)(F)F)n1. The van der Waals surface area contributed by atoms with E-state index >= 15 is 0 Å². The van der Waals surface area contributed by atoms with E-state index in [-0.39, 0.29) is 0 Å². The number of hydrogen-bond donors (Lipinski definition) is 1. The Morgan fingerprint density at radius 2 is 2.13 bits per heavy atom.